The molecule has 4 aromatic rings. The third kappa shape index (κ3) is 5.10. The molecule has 2 amide bonds. The van der Waals surface area contributed by atoms with Gasteiger partial charge in [0, 0.05) is 36.4 Å². The van der Waals surface area contributed by atoms with Crippen LogP contribution in [0.15, 0.2) is 41.3 Å². The van der Waals surface area contributed by atoms with Crippen molar-refractivity contribution in [2.24, 2.45) is 5.73 Å². The van der Waals surface area contributed by atoms with Gasteiger partial charge in [0.15, 0.2) is 10.8 Å². The molecular weight excluding hydrogens is 567 g/mol. The normalized spacial score (nSPS) is 10.9. The van der Waals surface area contributed by atoms with Crippen LogP contribution in [0.4, 0.5) is 10.8 Å². The summed E-state index contributed by atoms with van der Waals surface area (Å²) in [6.07, 6.45) is 3.08. The summed E-state index contributed by atoms with van der Waals surface area (Å²) >= 11 is 16.9. The van der Waals surface area contributed by atoms with E-state index in [1.165, 1.54) is 17.8 Å². The minimum atomic E-state index is -0.463. The van der Waals surface area contributed by atoms with Gasteiger partial charge in [-0.2, -0.15) is 5.10 Å². The summed E-state index contributed by atoms with van der Waals surface area (Å²) in [6.45, 7) is 1.47. The molecule has 0 atom stereocenters. The third-order valence-electron chi connectivity index (χ3n) is 4.45. The second kappa shape index (κ2) is 10.2. The van der Waals surface area contributed by atoms with E-state index in [0.717, 1.165) is 11.3 Å². The summed E-state index contributed by atoms with van der Waals surface area (Å²) in [5.41, 5.74) is 7.68. The lowest BCUT2D eigenvalue weighted by Gasteiger charge is -2.14. The fourth-order valence-corrected chi connectivity index (χ4v) is 4.73. The Labute approximate surface area is 215 Å². The number of carbonyl (C=O) groups is 2. The standard InChI is InChI=1S/C20H15BrCl2N8O2S/c1-9(32)26-20-29-28-19(34-20)12-6-11(22)5-10(7-24)15(12)27-18(33)13-8-31(30-16(13)21)17-14(23)3-2-4-25-17/h2-6,8H,7,24H2,1H3,(H,27,33)(H,26,29,32). The van der Waals surface area contributed by atoms with Gasteiger partial charge >= 0.3 is 0 Å². The van der Waals surface area contributed by atoms with Crippen LogP contribution in [0.25, 0.3) is 16.4 Å². The van der Waals surface area contributed by atoms with Gasteiger partial charge in [-0.05, 0) is 45.8 Å². The lowest BCUT2D eigenvalue weighted by molar-refractivity contribution is -0.114. The van der Waals surface area contributed by atoms with E-state index in [1.54, 1.807) is 30.5 Å². The number of halogens is 3. The zero-order chi connectivity index (χ0) is 24.4. The second-order valence-electron chi connectivity index (χ2n) is 6.83. The molecule has 0 aliphatic carbocycles. The number of aromatic nitrogens is 5. The Morgan fingerprint density at radius 1 is 1.24 bits per heavy atom. The van der Waals surface area contributed by atoms with Gasteiger partial charge in [-0.1, -0.05) is 34.5 Å². The molecule has 0 fully saturated rings. The molecule has 10 nitrogen and oxygen atoms in total. The number of carbonyl (C=O) groups excluding carboxylic acids is 2. The predicted octanol–water partition coefficient (Wildman–Crippen LogP) is 4.52. The van der Waals surface area contributed by atoms with Gasteiger partial charge in [-0.25, -0.2) is 9.67 Å². The van der Waals surface area contributed by atoms with E-state index in [4.69, 9.17) is 28.9 Å². The van der Waals surface area contributed by atoms with Crippen LogP contribution in [0, 0.1) is 0 Å². The highest BCUT2D eigenvalue weighted by molar-refractivity contribution is 9.10. The number of anilines is 2. The fraction of sp³-hybridized carbons (Fsp3) is 0.100. The number of amides is 2. The number of hydrogen-bond acceptors (Lipinski definition) is 8. The van der Waals surface area contributed by atoms with Crippen LogP contribution in [-0.2, 0) is 11.3 Å². The maximum Gasteiger partial charge on any atom is 0.260 e. The third-order valence-corrected chi connectivity index (χ3v) is 6.42. The zero-order valence-electron chi connectivity index (χ0n) is 17.3. The van der Waals surface area contributed by atoms with Crippen LogP contribution in [-0.4, -0.2) is 36.8 Å². The first kappa shape index (κ1) is 24.2. The van der Waals surface area contributed by atoms with Gasteiger partial charge in [-0.15, -0.1) is 10.2 Å². The SMILES string of the molecule is CC(=O)Nc1nnc(-c2cc(Cl)cc(CN)c2NC(=O)c2cn(-c3ncccc3Cl)nc2Br)s1. The zero-order valence-corrected chi connectivity index (χ0v) is 21.3. The van der Waals surface area contributed by atoms with Gasteiger partial charge in [-0.3, -0.25) is 9.59 Å². The van der Waals surface area contributed by atoms with Crippen molar-refractivity contribution in [3.8, 4) is 16.4 Å². The molecule has 0 unspecified atom stereocenters. The van der Waals surface area contributed by atoms with E-state index >= 15 is 0 Å². The van der Waals surface area contributed by atoms with Crippen LogP contribution in [0.1, 0.15) is 22.8 Å². The molecule has 0 radical (unpaired) electrons. The van der Waals surface area contributed by atoms with E-state index < -0.39 is 5.91 Å². The Balaban J connectivity index is 1.72. The van der Waals surface area contributed by atoms with E-state index in [9.17, 15) is 9.59 Å². The van der Waals surface area contributed by atoms with Crippen LogP contribution in [0.3, 0.4) is 0 Å². The smallest absolute Gasteiger partial charge is 0.260 e. The van der Waals surface area contributed by atoms with Crippen molar-refractivity contribution < 1.29 is 9.59 Å². The number of hydrogen-bond donors (Lipinski definition) is 3. The Bertz CT molecular complexity index is 1410. The van der Waals surface area contributed by atoms with Gasteiger partial charge < -0.3 is 16.4 Å². The lowest BCUT2D eigenvalue weighted by Crippen LogP contribution is -2.15. The van der Waals surface area contributed by atoms with E-state index in [0.29, 0.717) is 47.4 Å². The van der Waals surface area contributed by atoms with Crippen molar-refractivity contribution in [1.29, 1.82) is 0 Å². The van der Waals surface area contributed by atoms with Gasteiger partial charge in [0.2, 0.25) is 11.0 Å². The number of rotatable bonds is 6. The van der Waals surface area contributed by atoms with Crippen molar-refractivity contribution >= 4 is 73.1 Å². The van der Waals surface area contributed by atoms with Crippen molar-refractivity contribution in [2.45, 2.75) is 13.5 Å². The summed E-state index contributed by atoms with van der Waals surface area (Å²) in [4.78, 5) is 28.8. The molecule has 14 heteroatoms. The van der Waals surface area contributed by atoms with Crippen molar-refractivity contribution in [1.82, 2.24) is 25.0 Å². The molecule has 3 aromatic heterocycles. The molecule has 0 aliphatic rings. The second-order valence-corrected chi connectivity index (χ2v) is 9.40. The minimum Gasteiger partial charge on any atom is -0.326 e. The summed E-state index contributed by atoms with van der Waals surface area (Å²) in [5, 5.41) is 19.4. The molecule has 0 saturated heterocycles. The van der Waals surface area contributed by atoms with Gasteiger partial charge in [0.25, 0.3) is 5.91 Å². The molecule has 0 spiro atoms. The topological polar surface area (TPSA) is 141 Å². The molecule has 3 heterocycles. The molecule has 4 N–H and O–H groups in total. The maximum absolute atomic E-state index is 13.2. The lowest BCUT2D eigenvalue weighted by atomic mass is 10.1. The first-order valence-electron chi connectivity index (χ1n) is 9.58. The number of nitrogens with one attached hydrogen (secondary N) is 2. The predicted molar refractivity (Wildman–Crippen MR) is 135 cm³/mol. The summed E-state index contributed by atoms with van der Waals surface area (Å²) in [7, 11) is 0. The van der Waals surface area contributed by atoms with Crippen LogP contribution < -0.4 is 16.4 Å². The van der Waals surface area contributed by atoms with Crippen molar-refractivity contribution in [2.75, 3.05) is 10.6 Å². The quantitative estimate of drug-likeness (QED) is 0.304. The van der Waals surface area contributed by atoms with E-state index in [1.807, 2.05) is 0 Å². The highest BCUT2D eigenvalue weighted by Gasteiger charge is 2.22. The van der Waals surface area contributed by atoms with E-state index in [2.05, 4.69) is 46.8 Å². The molecule has 34 heavy (non-hydrogen) atoms. The first-order chi connectivity index (χ1) is 16.3. The van der Waals surface area contributed by atoms with Crippen LogP contribution in [0.2, 0.25) is 10.0 Å². The average molecular weight is 582 g/mol. The number of benzene rings is 1. The summed E-state index contributed by atoms with van der Waals surface area (Å²) in [6, 6.07) is 6.66. The Hall–Kier alpha value is -2.90. The Morgan fingerprint density at radius 2 is 2.03 bits per heavy atom. The molecule has 0 saturated carbocycles. The monoisotopic (exact) mass is 580 g/mol. The molecule has 4 rings (SSSR count). The van der Waals surface area contributed by atoms with Crippen molar-refractivity contribution in [3.63, 3.8) is 0 Å². The Kier molecular flexibility index (Phi) is 7.24. The first-order valence-corrected chi connectivity index (χ1v) is 11.9. The summed E-state index contributed by atoms with van der Waals surface area (Å²) in [5.74, 6) is -0.368. The van der Waals surface area contributed by atoms with Crippen LogP contribution >= 0.6 is 50.5 Å². The van der Waals surface area contributed by atoms with Gasteiger partial charge in [0.1, 0.15) is 4.60 Å². The molecule has 174 valence electrons. The van der Waals surface area contributed by atoms with Crippen molar-refractivity contribution in [3.05, 3.63) is 62.4 Å². The largest absolute Gasteiger partial charge is 0.326 e. The summed E-state index contributed by atoms with van der Waals surface area (Å²) < 4.78 is 1.69. The molecule has 1 aromatic carbocycles. The highest BCUT2D eigenvalue weighted by Crippen LogP contribution is 2.37. The average Bonchev–Trinajstić information content (AvgIpc) is 3.41. The number of nitrogens with two attached hydrogens (primary N) is 1. The molecule has 0 aliphatic heterocycles. The minimum absolute atomic E-state index is 0.102. The van der Waals surface area contributed by atoms with Gasteiger partial charge in [0.05, 0.1) is 16.3 Å². The fourth-order valence-electron chi connectivity index (χ4n) is 3.01. The highest BCUT2D eigenvalue weighted by atomic mass is 79.9. The molecule has 0 bridgehead atoms. The van der Waals surface area contributed by atoms with E-state index in [-0.39, 0.29) is 18.0 Å². The maximum atomic E-state index is 13.2. The molecular formula is C20H15BrCl2N8O2S. The van der Waals surface area contributed by atoms with Crippen LogP contribution in [0.5, 0.6) is 0 Å². The number of pyridine rings is 1. The Morgan fingerprint density at radius 3 is 2.74 bits per heavy atom. The number of nitrogens with zero attached hydrogens (tertiary/aromatic N) is 5.